The first-order valence-electron chi connectivity index (χ1n) is 8.89. The van der Waals surface area contributed by atoms with Crippen LogP contribution >= 0.6 is 11.8 Å². The molecule has 0 spiro atoms. The van der Waals surface area contributed by atoms with E-state index in [2.05, 4.69) is 15.5 Å². The minimum atomic E-state index is -0.401. The van der Waals surface area contributed by atoms with Crippen LogP contribution in [0.5, 0.6) is 0 Å². The molecule has 0 bridgehead atoms. The largest absolute Gasteiger partial charge is 0.378 e. The van der Waals surface area contributed by atoms with E-state index in [0.29, 0.717) is 0 Å². The van der Waals surface area contributed by atoms with Gasteiger partial charge in [0, 0.05) is 18.7 Å². The molecule has 3 aliphatic heterocycles. The molecule has 1 aromatic rings. The number of fused-ring (bicyclic) bond motifs is 5. The molecular weight excluding hydrogens is 340 g/mol. The predicted octanol–water partition coefficient (Wildman–Crippen LogP) is 1.15. The number of imide groups is 1. The van der Waals surface area contributed by atoms with E-state index in [0.717, 1.165) is 62.0 Å². The standard InChI is InChI=1S/C17H20N4O3S/c22-15-13-12(18-17(23)20-15)11-9-3-1-2-4-10(9)14(19-16(11)25-13)21-5-7-24-8-6-21/h12-13H,1-8H2,(H2,18,20,22,23). The van der Waals surface area contributed by atoms with Gasteiger partial charge >= 0.3 is 6.03 Å². The number of urea groups is 1. The number of morpholine rings is 1. The maximum Gasteiger partial charge on any atom is 0.322 e. The minimum Gasteiger partial charge on any atom is -0.378 e. The highest BCUT2D eigenvalue weighted by Gasteiger charge is 2.46. The van der Waals surface area contributed by atoms with Crippen LogP contribution in [0.1, 0.15) is 35.6 Å². The molecule has 4 heterocycles. The van der Waals surface area contributed by atoms with Gasteiger partial charge in [-0.05, 0) is 36.8 Å². The number of hydrogen-bond donors (Lipinski definition) is 2. The SMILES string of the molecule is O=C1NC(=O)C2Sc3nc(N4CCOCC4)c4c(c3C2N1)CCCC4. The van der Waals surface area contributed by atoms with Crippen molar-refractivity contribution in [2.75, 3.05) is 31.2 Å². The summed E-state index contributed by atoms with van der Waals surface area (Å²) in [7, 11) is 0. The molecular formula is C17H20N4O3S. The van der Waals surface area contributed by atoms with Gasteiger partial charge < -0.3 is 15.0 Å². The Hall–Kier alpha value is -1.80. The first-order valence-corrected chi connectivity index (χ1v) is 9.76. The summed E-state index contributed by atoms with van der Waals surface area (Å²) in [6, 6.07) is -0.652. The fourth-order valence-electron chi connectivity index (χ4n) is 4.30. The lowest BCUT2D eigenvalue weighted by atomic mass is 9.85. The Bertz CT molecular complexity index is 763. The summed E-state index contributed by atoms with van der Waals surface area (Å²) in [6.45, 7) is 3.16. The Balaban J connectivity index is 1.63. The van der Waals surface area contributed by atoms with E-state index in [4.69, 9.17) is 9.72 Å². The molecule has 7 nitrogen and oxygen atoms in total. The Kier molecular flexibility index (Phi) is 3.63. The highest BCUT2D eigenvalue weighted by atomic mass is 32.2. The third-order valence-electron chi connectivity index (χ3n) is 5.45. The Morgan fingerprint density at radius 1 is 1.12 bits per heavy atom. The summed E-state index contributed by atoms with van der Waals surface area (Å²) in [4.78, 5) is 31.4. The molecule has 2 N–H and O–H groups in total. The van der Waals surface area contributed by atoms with Crippen molar-refractivity contribution in [3.05, 3.63) is 16.7 Å². The van der Waals surface area contributed by atoms with Gasteiger partial charge in [-0.25, -0.2) is 9.78 Å². The molecule has 2 saturated heterocycles. The number of rotatable bonds is 1. The highest BCUT2D eigenvalue weighted by molar-refractivity contribution is 8.01. The van der Waals surface area contributed by atoms with Crippen molar-refractivity contribution in [3.63, 3.8) is 0 Å². The van der Waals surface area contributed by atoms with E-state index in [9.17, 15) is 9.59 Å². The fraction of sp³-hybridized carbons (Fsp3) is 0.588. The smallest absolute Gasteiger partial charge is 0.322 e. The Morgan fingerprint density at radius 2 is 1.88 bits per heavy atom. The summed E-state index contributed by atoms with van der Waals surface area (Å²) in [5, 5.41) is 5.93. The van der Waals surface area contributed by atoms with Gasteiger partial charge in [-0.15, -0.1) is 0 Å². The van der Waals surface area contributed by atoms with Crippen molar-refractivity contribution < 1.29 is 14.3 Å². The molecule has 3 amide bonds. The molecule has 0 saturated carbocycles. The summed E-state index contributed by atoms with van der Waals surface area (Å²) in [5.41, 5.74) is 3.71. The third kappa shape index (κ3) is 2.42. The van der Waals surface area contributed by atoms with Crippen molar-refractivity contribution in [1.82, 2.24) is 15.6 Å². The number of nitrogens with zero attached hydrogens (tertiary/aromatic N) is 2. The summed E-state index contributed by atoms with van der Waals surface area (Å²) in [6.07, 6.45) is 4.33. The molecule has 132 valence electrons. The number of pyridine rings is 1. The van der Waals surface area contributed by atoms with Crippen LogP contribution in [0.2, 0.25) is 0 Å². The van der Waals surface area contributed by atoms with E-state index in [1.807, 2.05) is 0 Å². The number of carbonyl (C=O) groups excluding carboxylic acids is 2. The van der Waals surface area contributed by atoms with Crippen LogP contribution in [-0.2, 0) is 22.4 Å². The van der Waals surface area contributed by atoms with Crippen LogP contribution in [0.3, 0.4) is 0 Å². The van der Waals surface area contributed by atoms with Gasteiger partial charge in [-0.3, -0.25) is 10.1 Å². The first kappa shape index (κ1) is 15.5. The van der Waals surface area contributed by atoms with Crippen LogP contribution in [0, 0.1) is 0 Å². The molecule has 2 unspecified atom stereocenters. The quantitative estimate of drug-likeness (QED) is 0.782. The van der Waals surface area contributed by atoms with Crippen LogP contribution < -0.4 is 15.5 Å². The molecule has 1 aromatic heterocycles. The number of amides is 3. The predicted molar refractivity (Wildman–Crippen MR) is 93.0 cm³/mol. The third-order valence-corrected chi connectivity index (χ3v) is 6.72. The molecule has 2 atom stereocenters. The van der Waals surface area contributed by atoms with Gasteiger partial charge in [0.1, 0.15) is 16.1 Å². The number of hydrogen-bond acceptors (Lipinski definition) is 6. The molecule has 0 aromatic carbocycles. The normalized spacial score (nSPS) is 27.9. The van der Waals surface area contributed by atoms with Crippen molar-refractivity contribution >= 4 is 29.5 Å². The van der Waals surface area contributed by atoms with Gasteiger partial charge in [0.05, 0.1) is 19.3 Å². The van der Waals surface area contributed by atoms with Gasteiger partial charge in [-0.2, -0.15) is 0 Å². The number of carbonyl (C=O) groups is 2. The molecule has 1 aliphatic carbocycles. The lowest BCUT2D eigenvalue weighted by molar-refractivity contribution is -0.120. The zero-order valence-electron chi connectivity index (χ0n) is 13.8. The average Bonchev–Trinajstić information content (AvgIpc) is 3.01. The second-order valence-electron chi connectivity index (χ2n) is 6.90. The van der Waals surface area contributed by atoms with Crippen molar-refractivity contribution in [1.29, 1.82) is 0 Å². The second-order valence-corrected chi connectivity index (χ2v) is 8.03. The average molecular weight is 360 g/mol. The van der Waals surface area contributed by atoms with Crippen LogP contribution in [0.25, 0.3) is 0 Å². The number of nitrogens with one attached hydrogen (secondary N) is 2. The van der Waals surface area contributed by atoms with E-state index in [1.165, 1.54) is 29.3 Å². The molecule has 0 radical (unpaired) electrons. The van der Waals surface area contributed by atoms with Gasteiger partial charge in [0.15, 0.2) is 0 Å². The van der Waals surface area contributed by atoms with Gasteiger partial charge in [0.2, 0.25) is 5.91 Å². The molecule has 4 aliphatic rings. The van der Waals surface area contributed by atoms with Crippen molar-refractivity contribution in [2.45, 2.75) is 42.0 Å². The van der Waals surface area contributed by atoms with Gasteiger partial charge in [-0.1, -0.05) is 11.8 Å². The lowest BCUT2D eigenvalue weighted by Gasteiger charge is -2.33. The second kappa shape index (κ2) is 5.88. The minimum absolute atomic E-state index is 0.214. The van der Waals surface area contributed by atoms with Crippen molar-refractivity contribution in [3.8, 4) is 0 Å². The molecule has 8 heteroatoms. The van der Waals surface area contributed by atoms with Crippen LogP contribution in [-0.4, -0.2) is 48.5 Å². The lowest BCUT2D eigenvalue weighted by Crippen LogP contribution is -2.54. The summed E-state index contributed by atoms with van der Waals surface area (Å²) in [5.74, 6) is 0.851. The van der Waals surface area contributed by atoms with Crippen molar-refractivity contribution in [2.24, 2.45) is 0 Å². The summed E-state index contributed by atoms with van der Waals surface area (Å²) >= 11 is 1.49. The zero-order chi connectivity index (χ0) is 17.0. The maximum absolute atomic E-state index is 12.3. The molecule has 25 heavy (non-hydrogen) atoms. The maximum atomic E-state index is 12.3. The molecule has 5 rings (SSSR count). The number of anilines is 1. The zero-order valence-corrected chi connectivity index (χ0v) is 14.7. The Labute approximate surface area is 149 Å². The molecule has 2 fully saturated rings. The first-order chi connectivity index (χ1) is 12.2. The van der Waals surface area contributed by atoms with Crippen LogP contribution in [0.4, 0.5) is 10.6 Å². The Morgan fingerprint density at radius 3 is 2.68 bits per heavy atom. The number of aromatic nitrogens is 1. The van der Waals surface area contributed by atoms with Crippen LogP contribution in [0.15, 0.2) is 5.03 Å². The van der Waals surface area contributed by atoms with E-state index < -0.39 is 6.03 Å². The number of thioether (sulfide) groups is 1. The topological polar surface area (TPSA) is 83.6 Å². The van der Waals surface area contributed by atoms with E-state index in [-0.39, 0.29) is 17.2 Å². The van der Waals surface area contributed by atoms with Gasteiger partial charge in [0.25, 0.3) is 0 Å². The highest BCUT2D eigenvalue weighted by Crippen LogP contribution is 2.49. The number of ether oxygens (including phenoxy) is 1. The summed E-state index contributed by atoms with van der Waals surface area (Å²) < 4.78 is 5.49. The van der Waals surface area contributed by atoms with E-state index >= 15 is 0 Å². The monoisotopic (exact) mass is 360 g/mol. The fourth-order valence-corrected chi connectivity index (χ4v) is 5.57. The van der Waals surface area contributed by atoms with E-state index in [1.54, 1.807) is 0 Å².